The summed E-state index contributed by atoms with van der Waals surface area (Å²) in [7, 11) is 0. The molecule has 1 N–H and O–H groups in total. The zero-order chi connectivity index (χ0) is 19.8. The van der Waals surface area contributed by atoms with Crippen LogP contribution in [-0.2, 0) is 16.1 Å². The van der Waals surface area contributed by atoms with Gasteiger partial charge in [-0.3, -0.25) is 14.5 Å². The molecule has 1 aromatic carbocycles. The van der Waals surface area contributed by atoms with Crippen LogP contribution < -0.4 is 0 Å². The third kappa shape index (κ3) is 6.60. The molecule has 3 rings (SSSR count). The van der Waals surface area contributed by atoms with Crippen LogP contribution in [0.25, 0.3) is 0 Å². The molecule has 0 radical (unpaired) electrons. The molecule has 2 fully saturated rings. The van der Waals surface area contributed by atoms with Crippen LogP contribution in [-0.4, -0.2) is 77.5 Å². The fraction of sp³-hybridized carbons (Fsp3) is 0.636. The second kappa shape index (κ2) is 10.6. The highest BCUT2D eigenvalue weighted by Crippen LogP contribution is 2.22. The van der Waals surface area contributed by atoms with Gasteiger partial charge in [0.15, 0.2) is 0 Å². The van der Waals surface area contributed by atoms with Crippen molar-refractivity contribution in [2.75, 3.05) is 45.8 Å². The molecule has 0 aliphatic carbocycles. The van der Waals surface area contributed by atoms with E-state index in [1.807, 2.05) is 11.0 Å². The van der Waals surface area contributed by atoms with Crippen LogP contribution in [0.15, 0.2) is 30.3 Å². The van der Waals surface area contributed by atoms with Crippen molar-refractivity contribution in [3.63, 3.8) is 0 Å². The lowest BCUT2D eigenvalue weighted by atomic mass is 9.93. The predicted molar refractivity (Wildman–Crippen MR) is 109 cm³/mol. The van der Waals surface area contributed by atoms with Gasteiger partial charge < -0.3 is 14.9 Å². The number of piperidine rings is 1. The SMILES string of the molecule is O=C(O)CCN1CCC[C@H](CCC(=O)N2CCN(Cc3ccccc3)CC2)C1. The van der Waals surface area contributed by atoms with E-state index in [0.717, 1.165) is 65.1 Å². The summed E-state index contributed by atoms with van der Waals surface area (Å²) in [5, 5.41) is 8.85. The van der Waals surface area contributed by atoms with Crippen LogP contribution >= 0.6 is 0 Å². The van der Waals surface area contributed by atoms with Gasteiger partial charge in [0.1, 0.15) is 0 Å². The second-order valence-corrected chi connectivity index (χ2v) is 8.13. The molecule has 0 unspecified atom stereocenters. The first-order valence-electron chi connectivity index (χ1n) is 10.6. The van der Waals surface area contributed by atoms with Crippen molar-refractivity contribution < 1.29 is 14.7 Å². The van der Waals surface area contributed by atoms with Crippen LogP contribution in [0.4, 0.5) is 0 Å². The van der Waals surface area contributed by atoms with Crippen molar-refractivity contribution >= 4 is 11.9 Å². The number of aliphatic carboxylic acids is 1. The number of piperazine rings is 1. The summed E-state index contributed by atoms with van der Waals surface area (Å²) in [4.78, 5) is 30.1. The number of nitrogens with zero attached hydrogens (tertiary/aromatic N) is 3. The Hall–Kier alpha value is -1.92. The van der Waals surface area contributed by atoms with Gasteiger partial charge in [-0.15, -0.1) is 0 Å². The van der Waals surface area contributed by atoms with Gasteiger partial charge in [0.05, 0.1) is 6.42 Å². The van der Waals surface area contributed by atoms with Crippen LogP contribution in [0, 0.1) is 5.92 Å². The highest BCUT2D eigenvalue weighted by Gasteiger charge is 2.24. The van der Waals surface area contributed by atoms with Gasteiger partial charge in [-0.05, 0) is 37.3 Å². The summed E-state index contributed by atoms with van der Waals surface area (Å²) in [6.07, 6.45) is 4.01. The molecule has 28 heavy (non-hydrogen) atoms. The molecule has 0 spiro atoms. The lowest BCUT2D eigenvalue weighted by Crippen LogP contribution is -2.48. The second-order valence-electron chi connectivity index (χ2n) is 8.13. The zero-order valence-corrected chi connectivity index (χ0v) is 16.8. The fourth-order valence-electron chi connectivity index (χ4n) is 4.33. The molecule has 2 saturated heterocycles. The summed E-state index contributed by atoms with van der Waals surface area (Å²) >= 11 is 0. The molecule has 1 aromatic rings. The Morgan fingerprint density at radius 3 is 2.43 bits per heavy atom. The fourth-order valence-corrected chi connectivity index (χ4v) is 4.33. The summed E-state index contributed by atoms with van der Waals surface area (Å²) in [5.41, 5.74) is 1.33. The Bertz CT molecular complexity index is 629. The number of carbonyl (C=O) groups excluding carboxylic acids is 1. The normalized spacial score (nSPS) is 21.6. The molecule has 6 nitrogen and oxygen atoms in total. The molecule has 154 valence electrons. The highest BCUT2D eigenvalue weighted by atomic mass is 16.4. The van der Waals surface area contributed by atoms with Crippen molar-refractivity contribution in [1.82, 2.24) is 14.7 Å². The molecule has 0 saturated carbocycles. The van der Waals surface area contributed by atoms with E-state index in [1.165, 1.54) is 5.56 Å². The van der Waals surface area contributed by atoms with Crippen molar-refractivity contribution in [2.24, 2.45) is 5.92 Å². The number of benzene rings is 1. The monoisotopic (exact) mass is 387 g/mol. The molecule has 2 heterocycles. The molecule has 2 aliphatic heterocycles. The number of carboxylic acid groups (broad SMARTS) is 1. The van der Waals surface area contributed by atoms with Crippen LogP contribution in [0.5, 0.6) is 0 Å². The third-order valence-corrected chi connectivity index (χ3v) is 5.99. The number of hydrogen-bond donors (Lipinski definition) is 1. The minimum atomic E-state index is -0.733. The van der Waals surface area contributed by atoms with E-state index in [2.05, 4.69) is 34.1 Å². The van der Waals surface area contributed by atoms with Crippen molar-refractivity contribution in [3.05, 3.63) is 35.9 Å². The maximum Gasteiger partial charge on any atom is 0.304 e. The maximum absolute atomic E-state index is 12.6. The topological polar surface area (TPSA) is 64.1 Å². The predicted octanol–water partition coefficient (Wildman–Crippen LogP) is 2.30. The van der Waals surface area contributed by atoms with Gasteiger partial charge in [-0.2, -0.15) is 0 Å². The molecule has 6 heteroatoms. The zero-order valence-electron chi connectivity index (χ0n) is 16.8. The van der Waals surface area contributed by atoms with E-state index < -0.39 is 5.97 Å². The number of amides is 1. The molecule has 1 amide bonds. The van der Waals surface area contributed by atoms with Gasteiger partial charge in [-0.25, -0.2) is 0 Å². The van der Waals surface area contributed by atoms with E-state index in [9.17, 15) is 9.59 Å². The summed E-state index contributed by atoms with van der Waals surface area (Å²) in [6.45, 7) is 7.02. The molecular formula is C22H33N3O3. The minimum Gasteiger partial charge on any atom is -0.481 e. The first-order chi connectivity index (χ1) is 13.6. The number of hydrogen-bond acceptors (Lipinski definition) is 4. The molecule has 0 bridgehead atoms. The van der Waals surface area contributed by atoms with Crippen LogP contribution in [0.1, 0.15) is 37.7 Å². The standard InChI is InChI=1S/C22H33N3O3/c26-21(9-8-20-7-4-11-23(18-20)12-10-22(27)28)25-15-13-24(14-16-25)17-19-5-2-1-3-6-19/h1-3,5-6,20H,4,7-18H2,(H,27,28)/t20-/m1/s1. The van der Waals surface area contributed by atoms with Crippen LogP contribution in [0.3, 0.4) is 0 Å². The summed E-state index contributed by atoms with van der Waals surface area (Å²) in [5.74, 6) is 0.0663. The minimum absolute atomic E-state index is 0.207. The van der Waals surface area contributed by atoms with Gasteiger partial charge in [0, 0.05) is 52.2 Å². The van der Waals surface area contributed by atoms with E-state index in [-0.39, 0.29) is 12.3 Å². The number of likely N-dealkylation sites (tertiary alicyclic amines) is 1. The molecule has 2 aliphatic rings. The Morgan fingerprint density at radius 1 is 0.964 bits per heavy atom. The molecule has 0 aromatic heterocycles. The smallest absolute Gasteiger partial charge is 0.304 e. The number of rotatable bonds is 8. The highest BCUT2D eigenvalue weighted by molar-refractivity contribution is 5.76. The van der Waals surface area contributed by atoms with Crippen molar-refractivity contribution in [3.8, 4) is 0 Å². The Labute approximate surface area is 168 Å². The van der Waals surface area contributed by atoms with Gasteiger partial charge >= 0.3 is 5.97 Å². The van der Waals surface area contributed by atoms with Crippen molar-refractivity contribution in [1.29, 1.82) is 0 Å². The first kappa shape index (κ1) is 20.8. The van der Waals surface area contributed by atoms with E-state index in [0.29, 0.717) is 18.9 Å². The van der Waals surface area contributed by atoms with E-state index >= 15 is 0 Å². The number of carbonyl (C=O) groups is 2. The first-order valence-corrected chi connectivity index (χ1v) is 10.6. The third-order valence-electron chi connectivity index (χ3n) is 5.99. The molecule has 1 atom stereocenters. The summed E-state index contributed by atoms with van der Waals surface area (Å²) < 4.78 is 0. The Morgan fingerprint density at radius 2 is 1.71 bits per heavy atom. The Balaban J connectivity index is 1.34. The average molecular weight is 388 g/mol. The van der Waals surface area contributed by atoms with Crippen LogP contribution in [0.2, 0.25) is 0 Å². The lowest BCUT2D eigenvalue weighted by Gasteiger charge is -2.36. The average Bonchev–Trinajstić information content (AvgIpc) is 2.72. The van der Waals surface area contributed by atoms with Crippen molar-refractivity contribution in [2.45, 2.75) is 38.6 Å². The largest absolute Gasteiger partial charge is 0.481 e. The van der Waals surface area contributed by atoms with Gasteiger partial charge in [-0.1, -0.05) is 30.3 Å². The quantitative estimate of drug-likeness (QED) is 0.742. The van der Waals surface area contributed by atoms with Gasteiger partial charge in [0.25, 0.3) is 0 Å². The van der Waals surface area contributed by atoms with Gasteiger partial charge in [0.2, 0.25) is 5.91 Å². The maximum atomic E-state index is 12.6. The van der Waals surface area contributed by atoms with E-state index in [4.69, 9.17) is 5.11 Å². The number of carboxylic acids is 1. The summed E-state index contributed by atoms with van der Waals surface area (Å²) in [6, 6.07) is 10.5. The molecular weight excluding hydrogens is 354 g/mol. The Kier molecular flexibility index (Phi) is 7.86. The van der Waals surface area contributed by atoms with E-state index in [1.54, 1.807) is 0 Å². The lowest BCUT2D eigenvalue weighted by molar-refractivity contribution is -0.137.